The number of benzene rings is 2. The fraction of sp³-hybridized carbons (Fsp3) is 0.364. The van der Waals surface area contributed by atoms with Gasteiger partial charge in [0.15, 0.2) is 0 Å². The van der Waals surface area contributed by atoms with Crippen LogP contribution in [0.1, 0.15) is 42.3 Å². The van der Waals surface area contributed by atoms with Crippen LogP contribution in [0.2, 0.25) is 0 Å². The van der Waals surface area contributed by atoms with Crippen LogP contribution >= 0.6 is 0 Å². The van der Waals surface area contributed by atoms with E-state index < -0.39 is 11.7 Å². The summed E-state index contributed by atoms with van der Waals surface area (Å²) in [4.78, 5) is 26.8. The Morgan fingerprint density at radius 1 is 1.13 bits per heavy atom. The highest BCUT2D eigenvalue weighted by atomic mass is 16.6. The highest BCUT2D eigenvalue weighted by Gasteiger charge is 2.37. The van der Waals surface area contributed by atoms with Crippen LogP contribution in [0.15, 0.2) is 53.6 Å². The predicted molar refractivity (Wildman–Crippen MR) is 110 cm³/mol. The first-order valence-corrected chi connectivity index (χ1v) is 9.66. The van der Waals surface area contributed by atoms with Crippen molar-refractivity contribution in [3.05, 3.63) is 65.2 Å². The Morgan fingerprint density at radius 2 is 1.80 bits per heavy atom. The maximum absolute atomic E-state index is 13.0. The molecule has 8 nitrogen and oxygen atoms in total. The smallest absolute Gasteiger partial charge is 0.497 e. The number of amides is 2. The average Bonchev–Trinajstić information content (AvgIpc) is 2.78. The number of nitrogens with zero attached hydrogens (tertiary/aromatic N) is 4. The Balaban J connectivity index is 2.00. The SMILES string of the molecule is COc1ccc(CN2Cc3ccccc3C(=O)N(C)[N+]2=NC(=O)OC(C)(C)C)cc1. The van der Waals surface area contributed by atoms with Crippen molar-refractivity contribution in [2.45, 2.75) is 39.5 Å². The summed E-state index contributed by atoms with van der Waals surface area (Å²) in [5.74, 6) is 0.498. The van der Waals surface area contributed by atoms with Gasteiger partial charge in [0.05, 0.1) is 19.7 Å². The minimum atomic E-state index is -0.771. The second-order valence-corrected chi connectivity index (χ2v) is 8.01. The zero-order valence-corrected chi connectivity index (χ0v) is 18.0. The Kier molecular flexibility index (Phi) is 6.05. The largest absolute Gasteiger partial charge is 0.497 e. The van der Waals surface area contributed by atoms with E-state index in [1.54, 1.807) is 41.0 Å². The molecule has 0 bridgehead atoms. The summed E-state index contributed by atoms with van der Waals surface area (Å²) in [6.07, 6.45) is -0.771. The summed E-state index contributed by atoms with van der Waals surface area (Å²) >= 11 is 0. The van der Waals surface area contributed by atoms with Crippen molar-refractivity contribution >= 4 is 12.0 Å². The number of methoxy groups -OCH3 is 1. The molecule has 0 saturated carbocycles. The van der Waals surface area contributed by atoms with E-state index >= 15 is 0 Å². The van der Waals surface area contributed by atoms with E-state index in [0.29, 0.717) is 18.7 Å². The third kappa shape index (κ3) is 4.94. The number of carbonyl (C=O) groups is 2. The molecular formula is C22H27N4O4+. The second kappa shape index (κ2) is 8.52. The van der Waals surface area contributed by atoms with E-state index in [0.717, 1.165) is 16.9 Å². The van der Waals surface area contributed by atoms with Crippen LogP contribution in [0.4, 0.5) is 4.79 Å². The number of carbonyl (C=O) groups excluding carboxylic acids is 2. The number of hydrazine groups is 2. The molecule has 0 saturated heterocycles. The van der Waals surface area contributed by atoms with Gasteiger partial charge < -0.3 is 9.47 Å². The Hall–Kier alpha value is -3.42. The molecule has 8 heteroatoms. The van der Waals surface area contributed by atoms with E-state index in [1.165, 1.54) is 9.92 Å². The molecule has 158 valence electrons. The van der Waals surface area contributed by atoms with E-state index in [4.69, 9.17) is 9.47 Å². The molecule has 0 N–H and O–H groups in total. The van der Waals surface area contributed by atoms with Crippen molar-refractivity contribution in [2.75, 3.05) is 14.2 Å². The summed E-state index contributed by atoms with van der Waals surface area (Å²) < 4.78 is 10.6. The lowest BCUT2D eigenvalue weighted by atomic mass is 10.1. The van der Waals surface area contributed by atoms with E-state index in [2.05, 4.69) is 5.11 Å². The lowest BCUT2D eigenvalue weighted by Crippen LogP contribution is -2.44. The summed E-state index contributed by atoms with van der Waals surface area (Å²) in [5, 5.41) is 7.22. The van der Waals surface area contributed by atoms with Gasteiger partial charge in [-0.2, -0.15) is 0 Å². The maximum atomic E-state index is 13.0. The Morgan fingerprint density at radius 3 is 2.43 bits per heavy atom. The van der Waals surface area contributed by atoms with Gasteiger partial charge in [-0.05, 0) is 50.1 Å². The van der Waals surface area contributed by atoms with Gasteiger partial charge in [0.25, 0.3) is 0 Å². The molecule has 0 radical (unpaired) electrons. The third-order valence-electron chi connectivity index (χ3n) is 4.50. The zero-order valence-electron chi connectivity index (χ0n) is 18.0. The first kappa shape index (κ1) is 21.3. The molecular weight excluding hydrogens is 384 g/mol. The molecule has 0 spiro atoms. The van der Waals surface area contributed by atoms with Crippen molar-refractivity contribution in [3.8, 4) is 5.75 Å². The number of fused-ring (bicyclic) bond motifs is 1. The molecule has 3 rings (SSSR count). The van der Waals surface area contributed by atoms with Crippen LogP contribution in [0, 0.1) is 0 Å². The van der Waals surface area contributed by atoms with Gasteiger partial charge in [0, 0.05) is 0 Å². The van der Waals surface area contributed by atoms with Gasteiger partial charge in [-0.15, -0.1) is 5.01 Å². The molecule has 0 aliphatic carbocycles. The molecule has 1 heterocycles. The van der Waals surface area contributed by atoms with Gasteiger partial charge in [-0.3, -0.25) is 4.79 Å². The van der Waals surface area contributed by atoms with Crippen LogP contribution in [-0.4, -0.2) is 46.7 Å². The minimum absolute atomic E-state index is 0.255. The summed E-state index contributed by atoms with van der Waals surface area (Å²) in [5.41, 5.74) is 1.70. The first-order valence-electron chi connectivity index (χ1n) is 9.66. The third-order valence-corrected chi connectivity index (χ3v) is 4.50. The van der Waals surface area contributed by atoms with Crippen LogP contribution < -0.4 is 4.74 Å². The van der Waals surface area contributed by atoms with E-state index in [1.807, 2.05) is 47.5 Å². The average molecular weight is 411 g/mol. The molecule has 2 aromatic carbocycles. The van der Waals surface area contributed by atoms with Gasteiger partial charge >= 0.3 is 12.0 Å². The molecule has 1 aliphatic rings. The van der Waals surface area contributed by atoms with Crippen molar-refractivity contribution in [2.24, 2.45) is 5.11 Å². The van der Waals surface area contributed by atoms with Crippen molar-refractivity contribution in [1.29, 1.82) is 0 Å². The Labute approximate surface area is 176 Å². The minimum Gasteiger partial charge on any atom is -0.497 e. The number of ether oxygens (including phenoxy) is 2. The van der Waals surface area contributed by atoms with Crippen LogP contribution in [-0.2, 0) is 17.8 Å². The molecule has 1 aliphatic heterocycles. The number of rotatable bonds is 3. The fourth-order valence-corrected chi connectivity index (χ4v) is 3.12. The topological polar surface area (TPSA) is 74.5 Å². The van der Waals surface area contributed by atoms with E-state index in [-0.39, 0.29) is 5.91 Å². The van der Waals surface area contributed by atoms with Crippen molar-refractivity contribution in [1.82, 2.24) is 10.0 Å². The van der Waals surface area contributed by atoms with Crippen LogP contribution in [0.5, 0.6) is 5.75 Å². The number of hydrogen-bond donors (Lipinski definition) is 0. The van der Waals surface area contributed by atoms with Crippen LogP contribution in [0.25, 0.3) is 0 Å². The molecule has 0 atom stereocenters. The van der Waals surface area contributed by atoms with Gasteiger partial charge in [0.2, 0.25) is 0 Å². The van der Waals surface area contributed by atoms with E-state index in [9.17, 15) is 9.59 Å². The lowest BCUT2D eigenvalue weighted by molar-refractivity contribution is -0.844. The quantitative estimate of drug-likeness (QED) is 0.714. The van der Waals surface area contributed by atoms with Crippen LogP contribution in [0.3, 0.4) is 0 Å². The predicted octanol–water partition coefficient (Wildman–Crippen LogP) is 4.01. The number of hydrogen-bond acceptors (Lipinski definition) is 4. The maximum Gasteiger partial charge on any atom is 0.497 e. The monoisotopic (exact) mass is 411 g/mol. The van der Waals surface area contributed by atoms with Gasteiger partial charge in [0.1, 0.15) is 34.5 Å². The highest BCUT2D eigenvalue weighted by Crippen LogP contribution is 2.22. The molecule has 2 amide bonds. The molecule has 0 aromatic heterocycles. The highest BCUT2D eigenvalue weighted by molar-refractivity contribution is 5.94. The van der Waals surface area contributed by atoms with Crippen molar-refractivity contribution < 1.29 is 24.0 Å². The molecule has 2 aromatic rings. The zero-order chi connectivity index (χ0) is 21.9. The van der Waals surface area contributed by atoms with Crippen molar-refractivity contribution in [3.63, 3.8) is 0 Å². The molecule has 0 fully saturated rings. The van der Waals surface area contributed by atoms with Gasteiger partial charge in [-0.1, -0.05) is 35.3 Å². The second-order valence-electron chi connectivity index (χ2n) is 8.01. The summed E-state index contributed by atoms with van der Waals surface area (Å²) in [7, 11) is 3.20. The first-order chi connectivity index (χ1) is 14.2. The Bertz CT molecular complexity index is 964. The summed E-state index contributed by atoms with van der Waals surface area (Å²) in [6, 6.07) is 15.0. The lowest BCUT2D eigenvalue weighted by Gasteiger charge is -2.20. The normalized spacial score (nSPS) is 15.6. The molecule has 30 heavy (non-hydrogen) atoms. The summed E-state index contributed by atoms with van der Waals surface area (Å²) in [6.45, 7) is 6.11. The van der Waals surface area contributed by atoms with Gasteiger partial charge in [-0.25, -0.2) is 4.79 Å². The fourth-order valence-electron chi connectivity index (χ4n) is 3.12. The standard InChI is InChI=1S/C22H27N4O4/c1-22(2,3)30-21(28)23-26-24(4)20(27)19-9-7-6-8-17(19)15-25(26)14-16-10-12-18(29-5)13-11-16/h6-13H,14-15H2,1-5H3/q+1. The molecule has 0 unspecified atom stereocenters.